The summed E-state index contributed by atoms with van der Waals surface area (Å²) in [7, 11) is 0. The average molecular weight is 491 g/mol. The molecule has 0 aliphatic carbocycles. The Hall–Kier alpha value is -2.97. The second-order valence-electron chi connectivity index (χ2n) is 9.03. The van der Waals surface area contributed by atoms with E-state index in [-0.39, 0.29) is 11.5 Å². The molecule has 2 aromatic heterocycles. The maximum atomic E-state index is 13.5. The van der Waals surface area contributed by atoms with Gasteiger partial charge in [0.2, 0.25) is 0 Å². The van der Waals surface area contributed by atoms with E-state index in [1.165, 1.54) is 16.2 Å². The van der Waals surface area contributed by atoms with Crippen molar-refractivity contribution in [3.8, 4) is 0 Å². The molecule has 0 N–H and O–H groups in total. The molecule has 0 bridgehead atoms. The van der Waals surface area contributed by atoms with Gasteiger partial charge in [-0.3, -0.25) is 18.9 Å². The van der Waals surface area contributed by atoms with Crippen LogP contribution in [-0.4, -0.2) is 37.6 Å². The van der Waals surface area contributed by atoms with Crippen molar-refractivity contribution >= 4 is 51.7 Å². The van der Waals surface area contributed by atoms with E-state index in [2.05, 4.69) is 11.8 Å². The second kappa shape index (κ2) is 9.35. The molecule has 2 aliphatic rings. The fourth-order valence-corrected chi connectivity index (χ4v) is 5.72. The number of anilines is 1. The number of aryl methyl sites for hydroxylation is 1. The topological polar surface area (TPSA) is 57.9 Å². The summed E-state index contributed by atoms with van der Waals surface area (Å²) in [5.41, 5.74) is 3.04. The third-order valence-corrected chi connectivity index (χ3v) is 7.69. The monoisotopic (exact) mass is 490 g/mol. The van der Waals surface area contributed by atoms with Gasteiger partial charge in [0.25, 0.3) is 11.5 Å². The Kier molecular flexibility index (Phi) is 6.27. The molecule has 1 aromatic carbocycles. The first-order chi connectivity index (χ1) is 16.4. The predicted octanol–water partition coefficient (Wildman–Crippen LogP) is 4.64. The van der Waals surface area contributed by atoms with E-state index in [0.29, 0.717) is 38.7 Å². The lowest BCUT2D eigenvalue weighted by atomic mass is 10.00. The van der Waals surface area contributed by atoms with Gasteiger partial charge in [0, 0.05) is 19.3 Å². The lowest BCUT2D eigenvalue weighted by molar-refractivity contribution is -0.122. The Bertz CT molecular complexity index is 1360. The fourth-order valence-electron chi connectivity index (χ4n) is 4.48. The van der Waals surface area contributed by atoms with Crippen molar-refractivity contribution in [2.45, 2.75) is 33.2 Å². The first-order valence-corrected chi connectivity index (χ1v) is 12.7. The van der Waals surface area contributed by atoms with Gasteiger partial charge < -0.3 is 4.90 Å². The van der Waals surface area contributed by atoms with Gasteiger partial charge in [-0.05, 0) is 49.5 Å². The number of carbonyl (C=O) groups is 1. The number of benzene rings is 1. The van der Waals surface area contributed by atoms with E-state index >= 15 is 0 Å². The van der Waals surface area contributed by atoms with E-state index in [4.69, 9.17) is 17.2 Å². The van der Waals surface area contributed by atoms with Crippen molar-refractivity contribution in [3.05, 3.63) is 80.6 Å². The van der Waals surface area contributed by atoms with Crippen LogP contribution in [0.3, 0.4) is 0 Å². The summed E-state index contributed by atoms with van der Waals surface area (Å²) in [6.07, 6.45) is 5.62. The number of nitrogens with zero attached hydrogens (tertiary/aromatic N) is 4. The predicted molar refractivity (Wildman–Crippen MR) is 142 cm³/mol. The maximum Gasteiger partial charge on any atom is 0.267 e. The number of hydrogen-bond donors (Lipinski definition) is 0. The standard InChI is InChI=1S/C26H26N4O2S2/c1-17-8-10-19(11-9-17)16-30-25(32)21(34-26(30)33)14-20-23(28-12-5-6-18(2)15-28)27-22-7-3-4-13-29(22)24(20)31/h3-4,7-11,13-14,18H,5-6,12,15-16H2,1-2H3/b21-14+. The molecule has 1 unspecified atom stereocenters. The number of thiocarbonyl (C=S) groups is 1. The van der Waals surface area contributed by atoms with Crippen LogP contribution in [0, 0.1) is 12.8 Å². The van der Waals surface area contributed by atoms with Crippen molar-refractivity contribution in [3.63, 3.8) is 0 Å². The summed E-state index contributed by atoms with van der Waals surface area (Å²) >= 11 is 6.78. The minimum Gasteiger partial charge on any atom is -0.356 e. The van der Waals surface area contributed by atoms with Crippen LogP contribution in [0.4, 0.5) is 5.82 Å². The van der Waals surface area contributed by atoms with Crippen LogP contribution in [0.15, 0.2) is 58.4 Å². The summed E-state index contributed by atoms with van der Waals surface area (Å²) in [6, 6.07) is 13.6. The van der Waals surface area contributed by atoms with Crippen LogP contribution in [0.1, 0.15) is 36.5 Å². The molecule has 2 fully saturated rings. The van der Waals surface area contributed by atoms with E-state index in [1.54, 1.807) is 17.2 Å². The van der Waals surface area contributed by atoms with Crippen molar-refractivity contribution in [2.75, 3.05) is 18.0 Å². The molecule has 34 heavy (non-hydrogen) atoms. The highest BCUT2D eigenvalue weighted by atomic mass is 32.2. The van der Waals surface area contributed by atoms with Crippen LogP contribution < -0.4 is 10.5 Å². The number of thioether (sulfide) groups is 1. The second-order valence-corrected chi connectivity index (χ2v) is 10.7. The molecule has 0 spiro atoms. The lowest BCUT2D eigenvalue weighted by Gasteiger charge is -2.32. The van der Waals surface area contributed by atoms with Crippen LogP contribution in [0.25, 0.3) is 11.7 Å². The third kappa shape index (κ3) is 4.40. The number of amides is 1. The molecule has 0 saturated carbocycles. The Labute approximate surface area is 208 Å². The Morgan fingerprint density at radius 2 is 1.97 bits per heavy atom. The molecule has 3 aromatic rings. The van der Waals surface area contributed by atoms with Crippen LogP contribution in [-0.2, 0) is 11.3 Å². The zero-order valence-corrected chi connectivity index (χ0v) is 20.9. The van der Waals surface area contributed by atoms with Crippen molar-refractivity contribution in [1.29, 1.82) is 0 Å². The van der Waals surface area contributed by atoms with E-state index in [0.717, 1.165) is 37.1 Å². The summed E-state index contributed by atoms with van der Waals surface area (Å²) in [5, 5.41) is 0. The highest BCUT2D eigenvalue weighted by Gasteiger charge is 2.33. The van der Waals surface area contributed by atoms with Crippen molar-refractivity contribution < 1.29 is 4.79 Å². The average Bonchev–Trinajstić information content (AvgIpc) is 3.09. The lowest BCUT2D eigenvalue weighted by Crippen LogP contribution is -2.37. The van der Waals surface area contributed by atoms with Crippen molar-refractivity contribution in [1.82, 2.24) is 14.3 Å². The number of aromatic nitrogens is 2. The number of hydrogen-bond acceptors (Lipinski definition) is 6. The van der Waals surface area contributed by atoms with Gasteiger partial charge in [-0.15, -0.1) is 0 Å². The van der Waals surface area contributed by atoms with Gasteiger partial charge in [0.05, 0.1) is 17.0 Å². The Morgan fingerprint density at radius 1 is 1.18 bits per heavy atom. The molecule has 1 atom stereocenters. The van der Waals surface area contributed by atoms with Crippen molar-refractivity contribution in [2.24, 2.45) is 5.92 Å². The fraction of sp³-hybridized carbons (Fsp3) is 0.308. The third-order valence-electron chi connectivity index (χ3n) is 6.32. The van der Waals surface area contributed by atoms with Crippen LogP contribution in [0.5, 0.6) is 0 Å². The summed E-state index contributed by atoms with van der Waals surface area (Å²) in [5.74, 6) is 0.989. The number of rotatable bonds is 4. The Morgan fingerprint density at radius 3 is 2.74 bits per heavy atom. The summed E-state index contributed by atoms with van der Waals surface area (Å²) in [6.45, 7) is 6.34. The maximum absolute atomic E-state index is 13.5. The smallest absolute Gasteiger partial charge is 0.267 e. The molecule has 2 aliphatic heterocycles. The summed E-state index contributed by atoms with van der Waals surface area (Å²) in [4.78, 5) is 35.9. The number of piperidine rings is 1. The highest BCUT2D eigenvalue weighted by molar-refractivity contribution is 8.26. The molecule has 5 rings (SSSR count). The van der Waals surface area contributed by atoms with E-state index < -0.39 is 0 Å². The normalized spacial score (nSPS) is 20.1. The molecule has 6 nitrogen and oxygen atoms in total. The van der Waals surface area contributed by atoms with Crippen LogP contribution >= 0.6 is 24.0 Å². The van der Waals surface area contributed by atoms with Gasteiger partial charge >= 0.3 is 0 Å². The van der Waals surface area contributed by atoms with Gasteiger partial charge in [-0.1, -0.05) is 66.8 Å². The first-order valence-electron chi connectivity index (χ1n) is 11.5. The molecule has 174 valence electrons. The number of fused-ring (bicyclic) bond motifs is 1. The van der Waals surface area contributed by atoms with Gasteiger partial charge in [0.1, 0.15) is 15.8 Å². The molecular formula is C26H26N4O2S2. The van der Waals surface area contributed by atoms with Crippen LogP contribution in [0.2, 0.25) is 0 Å². The molecule has 4 heterocycles. The number of pyridine rings is 1. The zero-order valence-electron chi connectivity index (χ0n) is 19.2. The van der Waals surface area contributed by atoms with E-state index in [1.807, 2.05) is 49.4 Å². The molecular weight excluding hydrogens is 464 g/mol. The Balaban J connectivity index is 1.55. The minimum atomic E-state index is -0.178. The van der Waals surface area contributed by atoms with Gasteiger partial charge in [0.15, 0.2) is 0 Å². The molecule has 0 radical (unpaired) electrons. The van der Waals surface area contributed by atoms with E-state index in [9.17, 15) is 9.59 Å². The molecule has 1 amide bonds. The minimum absolute atomic E-state index is 0.175. The quantitative estimate of drug-likeness (QED) is 0.392. The zero-order chi connectivity index (χ0) is 23.8. The first kappa shape index (κ1) is 22.8. The largest absolute Gasteiger partial charge is 0.356 e. The van der Waals surface area contributed by atoms with Gasteiger partial charge in [-0.2, -0.15) is 0 Å². The summed E-state index contributed by atoms with van der Waals surface area (Å²) < 4.78 is 2.04. The SMILES string of the molecule is Cc1ccc(CN2C(=O)/C(=C\c3c(N4CCCC(C)C4)nc4ccccn4c3=O)SC2=S)cc1. The number of carbonyl (C=O) groups excluding carboxylic acids is 1. The van der Waals surface area contributed by atoms with Gasteiger partial charge in [-0.25, -0.2) is 4.98 Å². The molecule has 2 saturated heterocycles. The highest BCUT2D eigenvalue weighted by Crippen LogP contribution is 2.35. The molecule has 8 heteroatoms.